The Morgan fingerprint density at radius 3 is 3.16 bits per heavy atom. The van der Waals surface area contributed by atoms with Gasteiger partial charge in [-0.3, -0.25) is 4.79 Å². The smallest absolute Gasteiger partial charge is 0.222 e. The highest BCUT2D eigenvalue weighted by atomic mass is 19.1. The Morgan fingerprint density at radius 2 is 2.47 bits per heavy atom. The van der Waals surface area contributed by atoms with Crippen molar-refractivity contribution in [1.29, 1.82) is 0 Å². The summed E-state index contributed by atoms with van der Waals surface area (Å²) in [5.41, 5.74) is 0.765. The Morgan fingerprint density at radius 1 is 1.63 bits per heavy atom. The molecule has 0 saturated carbocycles. The van der Waals surface area contributed by atoms with Crippen LogP contribution in [0.15, 0.2) is 24.3 Å². The van der Waals surface area contributed by atoms with E-state index in [1.165, 1.54) is 12.1 Å². The minimum atomic E-state index is -0.291. The first-order chi connectivity index (χ1) is 9.15. The zero-order valence-corrected chi connectivity index (χ0v) is 11.0. The molecule has 0 radical (unpaired) electrons. The summed E-state index contributed by atoms with van der Waals surface area (Å²) in [6.07, 6.45) is 0.375. The number of halogens is 1. The van der Waals surface area contributed by atoms with Gasteiger partial charge in [-0.25, -0.2) is 4.39 Å². The molecule has 1 fully saturated rings. The summed E-state index contributed by atoms with van der Waals surface area (Å²) in [6, 6.07) is 6.13. The van der Waals surface area contributed by atoms with E-state index in [4.69, 9.17) is 4.74 Å². The Bertz CT molecular complexity index is 433. The number of rotatable bonds is 4. The first-order valence-corrected chi connectivity index (χ1v) is 6.51. The van der Waals surface area contributed by atoms with Gasteiger partial charge in [0.05, 0.1) is 19.3 Å². The zero-order chi connectivity index (χ0) is 13.7. The molecule has 0 spiro atoms. The Kier molecular flexibility index (Phi) is 4.87. The molecular formula is C14H19FN2O2. The maximum Gasteiger partial charge on any atom is 0.222 e. The minimum Gasteiger partial charge on any atom is -0.378 e. The minimum absolute atomic E-state index is 0.0558. The molecule has 2 N–H and O–H groups in total. The van der Waals surface area contributed by atoms with Gasteiger partial charge >= 0.3 is 0 Å². The van der Waals surface area contributed by atoms with Gasteiger partial charge < -0.3 is 15.4 Å². The Balaban J connectivity index is 1.84. The molecule has 1 aliphatic rings. The molecule has 0 bridgehead atoms. The number of ether oxygens (including phenoxy) is 1. The van der Waals surface area contributed by atoms with E-state index in [1.807, 2.05) is 6.92 Å². The number of morpholine rings is 1. The molecule has 104 valence electrons. The number of hydrogen-bond donors (Lipinski definition) is 2. The molecule has 0 aromatic heterocycles. The second-order valence-corrected chi connectivity index (χ2v) is 4.77. The predicted octanol–water partition coefficient (Wildman–Crippen LogP) is 1.38. The third-order valence-electron chi connectivity index (χ3n) is 3.16. The van der Waals surface area contributed by atoms with Crippen molar-refractivity contribution in [2.24, 2.45) is 0 Å². The van der Waals surface area contributed by atoms with E-state index in [1.54, 1.807) is 12.1 Å². The van der Waals surface area contributed by atoms with Crippen LogP contribution in [0.5, 0.6) is 0 Å². The SMILES string of the molecule is C[C@@H](NC(=O)CC1COCCN1)c1cccc(F)c1. The molecule has 1 heterocycles. The third-order valence-corrected chi connectivity index (χ3v) is 3.16. The monoisotopic (exact) mass is 266 g/mol. The molecule has 19 heavy (non-hydrogen) atoms. The first-order valence-electron chi connectivity index (χ1n) is 6.51. The molecule has 2 atom stereocenters. The van der Waals surface area contributed by atoms with Crippen molar-refractivity contribution in [2.45, 2.75) is 25.4 Å². The zero-order valence-electron chi connectivity index (χ0n) is 11.0. The number of carbonyl (C=O) groups excluding carboxylic acids is 1. The highest BCUT2D eigenvalue weighted by molar-refractivity contribution is 5.77. The van der Waals surface area contributed by atoms with Crippen LogP contribution in [-0.2, 0) is 9.53 Å². The van der Waals surface area contributed by atoms with Gasteiger partial charge in [-0.1, -0.05) is 12.1 Å². The number of amides is 1. The standard InChI is InChI=1S/C14H19FN2O2/c1-10(11-3-2-4-12(15)7-11)17-14(18)8-13-9-19-6-5-16-13/h2-4,7,10,13,16H,5-6,8-9H2,1H3,(H,17,18)/t10-,13?/m1/s1. The molecule has 4 nitrogen and oxygen atoms in total. The molecule has 1 aromatic carbocycles. The van der Waals surface area contributed by atoms with Crippen molar-refractivity contribution in [3.8, 4) is 0 Å². The van der Waals surface area contributed by atoms with Crippen molar-refractivity contribution < 1.29 is 13.9 Å². The van der Waals surface area contributed by atoms with Gasteiger partial charge in [-0.2, -0.15) is 0 Å². The topological polar surface area (TPSA) is 50.4 Å². The van der Waals surface area contributed by atoms with Crippen LogP contribution in [0.4, 0.5) is 4.39 Å². The highest BCUT2D eigenvalue weighted by Gasteiger charge is 2.18. The molecule has 1 amide bonds. The van der Waals surface area contributed by atoms with E-state index in [0.29, 0.717) is 19.6 Å². The van der Waals surface area contributed by atoms with Crippen molar-refractivity contribution in [2.75, 3.05) is 19.8 Å². The van der Waals surface area contributed by atoms with Crippen LogP contribution in [0.3, 0.4) is 0 Å². The van der Waals surface area contributed by atoms with Gasteiger partial charge in [-0.05, 0) is 24.6 Å². The van der Waals surface area contributed by atoms with Crippen LogP contribution in [-0.4, -0.2) is 31.7 Å². The number of hydrogen-bond acceptors (Lipinski definition) is 3. The normalized spacial score (nSPS) is 20.8. The summed E-state index contributed by atoms with van der Waals surface area (Å²) in [7, 11) is 0. The quantitative estimate of drug-likeness (QED) is 0.865. The van der Waals surface area contributed by atoms with E-state index >= 15 is 0 Å². The Hall–Kier alpha value is -1.46. The van der Waals surface area contributed by atoms with Gasteiger partial charge in [0.25, 0.3) is 0 Å². The molecule has 1 unspecified atom stereocenters. The largest absolute Gasteiger partial charge is 0.378 e. The average molecular weight is 266 g/mol. The highest BCUT2D eigenvalue weighted by Crippen LogP contribution is 2.13. The molecule has 1 aromatic rings. The van der Waals surface area contributed by atoms with Crippen LogP contribution < -0.4 is 10.6 Å². The molecular weight excluding hydrogens is 247 g/mol. The summed E-state index contributed by atoms with van der Waals surface area (Å²) >= 11 is 0. The lowest BCUT2D eigenvalue weighted by Gasteiger charge is -2.24. The summed E-state index contributed by atoms with van der Waals surface area (Å²) < 4.78 is 18.4. The number of nitrogens with one attached hydrogen (secondary N) is 2. The van der Waals surface area contributed by atoms with E-state index in [0.717, 1.165) is 12.1 Å². The van der Waals surface area contributed by atoms with E-state index in [2.05, 4.69) is 10.6 Å². The molecule has 2 rings (SSSR count). The number of benzene rings is 1. The Labute approximate surface area is 112 Å². The van der Waals surface area contributed by atoms with Crippen LogP contribution in [0.2, 0.25) is 0 Å². The van der Waals surface area contributed by atoms with Crippen LogP contribution in [0, 0.1) is 5.82 Å². The lowest BCUT2D eigenvalue weighted by Crippen LogP contribution is -2.44. The van der Waals surface area contributed by atoms with E-state index in [-0.39, 0.29) is 23.8 Å². The molecule has 5 heteroatoms. The van der Waals surface area contributed by atoms with Gasteiger partial charge in [0.1, 0.15) is 5.82 Å². The maximum absolute atomic E-state index is 13.1. The third kappa shape index (κ3) is 4.29. The number of carbonyl (C=O) groups is 1. The second-order valence-electron chi connectivity index (χ2n) is 4.77. The van der Waals surface area contributed by atoms with Crippen molar-refractivity contribution in [1.82, 2.24) is 10.6 Å². The lowest BCUT2D eigenvalue weighted by atomic mass is 10.1. The fourth-order valence-electron chi connectivity index (χ4n) is 2.13. The van der Waals surface area contributed by atoms with Gasteiger partial charge in [-0.15, -0.1) is 0 Å². The van der Waals surface area contributed by atoms with E-state index < -0.39 is 0 Å². The first kappa shape index (κ1) is 14.0. The second kappa shape index (κ2) is 6.63. The van der Waals surface area contributed by atoms with Crippen molar-refractivity contribution in [3.63, 3.8) is 0 Å². The van der Waals surface area contributed by atoms with Crippen LogP contribution in [0.1, 0.15) is 24.9 Å². The van der Waals surface area contributed by atoms with Crippen LogP contribution in [0.25, 0.3) is 0 Å². The predicted molar refractivity (Wildman–Crippen MR) is 70.2 cm³/mol. The summed E-state index contributed by atoms with van der Waals surface area (Å²) in [4.78, 5) is 11.9. The fourth-order valence-corrected chi connectivity index (χ4v) is 2.13. The molecule has 1 aliphatic heterocycles. The molecule has 0 aliphatic carbocycles. The molecule has 1 saturated heterocycles. The van der Waals surface area contributed by atoms with Gasteiger partial charge in [0.2, 0.25) is 5.91 Å². The van der Waals surface area contributed by atoms with Gasteiger partial charge in [0, 0.05) is 19.0 Å². The fraction of sp³-hybridized carbons (Fsp3) is 0.500. The summed E-state index contributed by atoms with van der Waals surface area (Å²) in [5.74, 6) is -0.347. The van der Waals surface area contributed by atoms with Crippen LogP contribution >= 0.6 is 0 Å². The van der Waals surface area contributed by atoms with E-state index in [9.17, 15) is 9.18 Å². The average Bonchev–Trinajstić information content (AvgIpc) is 2.39. The van der Waals surface area contributed by atoms with Crippen molar-refractivity contribution >= 4 is 5.91 Å². The summed E-state index contributed by atoms with van der Waals surface area (Å²) in [5, 5.41) is 6.10. The summed E-state index contributed by atoms with van der Waals surface area (Å²) in [6.45, 7) is 3.87. The maximum atomic E-state index is 13.1. The van der Waals surface area contributed by atoms with Crippen molar-refractivity contribution in [3.05, 3.63) is 35.6 Å². The lowest BCUT2D eigenvalue weighted by molar-refractivity contribution is -0.122. The van der Waals surface area contributed by atoms with Gasteiger partial charge in [0.15, 0.2) is 0 Å².